The van der Waals surface area contributed by atoms with Gasteiger partial charge in [-0.1, -0.05) is 30.3 Å². The Kier molecular flexibility index (Phi) is 6.07. The second-order valence-electron chi connectivity index (χ2n) is 5.04. The first-order chi connectivity index (χ1) is 10.2. The van der Waals surface area contributed by atoms with Crippen LogP contribution in [0.1, 0.15) is 12.0 Å². The molecule has 1 aromatic carbocycles. The number of primary amides is 1. The van der Waals surface area contributed by atoms with Crippen molar-refractivity contribution in [3.63, 3.8) is 0 Å². The summed E-state index contributed by atoms with van der Waals surface area (Å²) in [5.74, 6) is 1.48. The third-order valence-electron chi connectivity index (χ3n) is 3.38. The molecule has 1 unspecified atom stereocenters. The summed E-state index contributed by atoms with van der Waals surface area (Å²) in [7, 11) is 0. The van der Waals surface area contributed by atoms with Gasteiger partial charge in [0.1, 0.15) is 0 Å². The standard InChI is InChI=1S/C15H21N3O2S/c16-14(19)6-8-18(10-12-4-2-1-3-5-12)15(20)13-11-21-9-7-17-13/h1-5,13,17H,6-11H2,(H2,16,19). The Morgan fingerprint density at radius 1 is 1.33 bits per heavy atom. The van der Waals surface area contributed by atoms with Crippen LogP contribution in [-0.2, 0) is 16.1 Å². The first-order valence-electron chi connectivity index (χ1n) is 7.09. The Labute approximate surface area is 129 Å². The van der Waals surface area contributed by atoms with E-state index in [1.54, 1.807) is 16.7 Å². The second-order valence-corrected chi connectivity index (χ2v) is 6.19. The lowest BCUT2D eigenvalue weighted by atomic mass is 10.2. The highest BCUT2D eigenvalue weighted by Crippen LogP contribution is 2.13. The molecule has 1 fully saturated rings. The normalized spacial score (nSPS) is 18.2. The van der Waals surface area contributed by atoms with Crippen LogP contribution in [0.3, 0.4) is 0 Å². The van der Waals surface area contributed by atoms with Gasteiger partial charge in [-0.2, -0.15) is 11.8 Å². The molecule has 1 aromatic rings. The first kappa shape index (κ1) is 15.9. The van der Waals surface area contributed by atoms with Gasteiger partial charge in [0.05, 0.1) is 6.04 Å². The van der Waals surface area contributed by atoms with Gasteiger partial charge in [-0.05, 0) is 5.56 Å². The highest BCUT2D eigenvalue weighted by molar-refractivity contribution is 7.99. The number of nitrogens with one attached hydrogen (secondary N) is 1. The Morgan fingerprint density at radius 3 is 2.71 bits per heavy atom. The summed E-state index contributed by atoms with van der Waals surface area (Å²) in [6.07, 6.45) is 0.193. The van der Waals surface area contributed by atoms with Crippen molar-refractivity contribution in [2.75, 3.05) is 24.6 Å². The van der Waals surface area contributed by atoms with Gasteiger partial charge < -0.3 is 16.0 Å². The van der Waals surface area contributed by atoms with Gasteiger partial charge in [-0.25, -0.2) is 0 Å². The van der Waals surface area contributed by atoms with Crippen LogP contribution in [0, 0.1) is 0 Å². The van der Waals surface area contributed by atoms with E-state index in [1.165, 1.54) is 0 Å². The lowest BCUT2D eigenvalue weighted by Crippen LogP contribution is -2.50. The summed E-state index contributed by atoms with van der Waals surface area (Å²) in [6.45, 7) is 1.72. The van der Waals surface area contributed by atoms with E-state index < -0.39 is 0 Å². The topological polar surface area (TPSA) is 75.4 Å². The van der Waals surface area contributed by atoms with Gasteiger partial charge in [-0.3, -0.25) is 9.59 Å². The highest BCUT2D eigenvalue weighted by atomic mass is 32.2. The van der Waals surface area contributed by atoms with Gasteiger partial charge in [0, 0.05) is 37.6 Å². The number of carbonyl (C=O) groups is 2. The fourth-order valence-electron chi connectivity index (χ4n) is 2.26. The van der Waals surface area contributed by atoms with Crippen LogP contribution in [-0.4, -0.2) is 47.4 Å². The summed E-state index contributed by atoms with van der Waals surface area (Å²) < 4.78 is 0. The molecule has 114 valence electrons. The van der Waals surface area contributed by atoms with Crippen molar-refractivity contribution in [3.05, 3.63) is 35.9 Å². The zero-order chi connectivity index (χ0) is 15.1. The maximum atomic E-state index is 12.6. The number of hydrogen-bond acceptors (Lipinski definition) is 4. The number of nitrogens with two attached hydrogens (primary N) is 1. The average molecular weight is 307 g/mol. The maximum Gasteiger partial charge on any atom is 0.240 e. The van der Waals surface area contributed by atoms with Gasteiger partial charge >= 0.3 is 0 Å². The molecule has 2 rings (SSSR count). The molecule has 21 heavy (non-hydrogen) atoms. The van der Waals surface area contributed by atoms with E-state index in [-0.39, 0.29) is 24.3 Å². The molecule has 0 radical (unpaired) electrons. The molecule has 0 bridgehead atoms. The minimum Gasteiger partial charge on any atom is -0.370 e. The number of rotatable bonds is 6. The van der Waals surface area contributed by atoms with Crippen LogP contribution in [0.25, 0.3) is 0 Å². The van der Waals surface area contributed by atoms with Crippen LogP contribution < -0.4 is 11.1 Å². The Bertz CT molecular complexity index is 475. The van der Waals surface area contributed by atoms with Crippen LogP contribution in [0.4, 0.5) is 0 Å². The smallest absolute Gasteiger partial charge is 0.240 e. The molecular formula is C15H21N3O2S. The van der Waals surface area contributed by atoms with Crippen molar-refractivity contribution in [2.45, 2.75) is 19.0 Å². The quantitative estimate of drug-likeness (QED) is 0.807. The van der Waals surface area contributed by atoms with Crippen molar-refractivity contribution in [3.8, 4) is 0 Å². The van der Waals surface area contributed by atoms with E-state index >= 15 is 0 Å². The molecule has 0 aliphatic carbocycles. The number of amides is 2. The van der Waals surface area contributed by atoms with Gasteiger partial charge in [0.2, 0.25) is 11.8 Å². The summed E-state index contributed by atoms with van der Waals surface area (Å²) in [6, 6.07) is 9.63. The van der Waals surface area contributed by atoms with Crippen molar-refractivity contribution in [1.29, 1.82) is 0 Å². The van der Waals surface area contributed by atoms with Crippen LogP contribution >= 0.6 is 11.8 Å². The minimum atomic E-state index is -0.383. The van der Waals surface area contributed by atoms with Gasteiger partial charge in [-0.15, -0.1) is 0 Å². The molecule has 6 heteroatoms. The maximum absolute atomic E-state index is 12.6. The lowest BCUT2D eigenvalue weighted by molar-refractivity contribution is -0.134. The molecule has 2 amide bonds. The minimum absolute atomic E-state index is 0.0484. The molecule has 5 nitrogen and oxygen atoms in total. The number of hydrogen-bond donors (Lipinski definition) is 2. The largest absolute Gasteiger partial charge is 0.370 e. The zero-order valence-electron chi connectivity index (χ0n) is 12.0. The number of benzene rings is 1. The molecule has 1 atom stereocenters. The molecule has 1 aliphatic heterocycles. The van der Waals surface area contributed by atoms with Crippen LogP contribution in [0.2, 0.25) is 0 Å². The molecule has 1 aliphatic rings. The molecule has 0 saturated carbocycles. The highest BCUT2D eigenvalue weighted by Gasteiger charge is 2.26. The fraction of sp³-hybridized carbons (Fsp3) is 0.467. The van der Waals surface area contributed by atoms with Crippen LogP contribution in [0.15, 0.2) is 30.3 Å². The predicted octanol–water partition coefficient (Wildman–Crippen LogP) is 0.596. The Hall–Kier alpha value is -1.53. The zero-order valence-corrected chi connectivity index (χ0v) is 12.8. The predicted molar refractivity (Wildman–Crippen MR) is 84.8 cm³/mol. The van der Waals surface area contributed by atoms with Crippen LogP contribution in [0.5, 0.6) is 0 Å². The number of thioether (sulfide) groups is 1. The van der Waals surface area contributed by atoms with E-state index in [4.69, 9.17) is 5.73 Å². The van der Waals surface area contributed by atoms with E-state index in [9.17, 15) is 9.59 Å². The van der Waals surface area contributed by atoms with E-state index in [0.29, 0.717) is 13.1 Å². The second kappa shape index (κ2) is 8.05. The Balaban J connectivity index is 2.03. The molecule has 0 spiro atoms. The van der Waals surface area contributed by atoms with Gasteiger partial charge in [0.25, 0.3) is 0 Å². The SMILES string of the molecule is NC(=O)CCN(Cc1ccccc1)C(=O)C1CSCCN1. The third-order valence-corrected chi connectivity index (χ3v) is 4.44. The summed E-state index contributed by atoms with van der Waals surface area (Å²) in [5, 5.41) is 3.24. The number of nitrogens with zero attached hydrogens (tertiary/aromatic N) is 1. The molecule has 0 aromatic heterocycles. The summed E-state index contributed by atoms with van der Waals surface area (Å²) >= 11 is 1.78. The monoisotopic (exact) mass is 307 g/mol. The summed E-state index contributed by atoms with van der Waals surface area (Å²) in [5.41, 5.74) is 6.27. The van der Waals surface area contributed by atoms with E-state index in [1.807, 2.05) is 30.3 Å². The molecular weight excluding hydrogens is 286 g/mol. The first-order valence-corrected chi connectivity index (χ1v) is 8.24. The average Bonchev–Trinajstić information content (AvgIpc) is 2.52. The fourth-order valence-corrected chi connectivity index (χ4v) is 3.19. The van der Waals surface area contributed by atoms with E-state index in [2.05, 4.69) is 5.32 Å². The Morgan fingerprint density at radius 2 is 2.10 bits per heavy atom. The third kappa shape index (κ3) is 5.06. The van der Waals surface area contributed by atoms with Crippen molar-refractivity contribution < 1.29 is 9.59 Å². The van der Waals surface area contributed by atoms with Crippen molar-refractivity contribution >= 4 is 23.6 Å². The summed E-state index contributed by atoms with van der Waals surface area (Å²) in [4.78, 5) is 25.4. The number of carbonyl (C=O) groups excluding carboxylic acids is 2. The molecule has 1 heterocycles. The van der Waals surface area contributed by atoms with Crippen molar-refractivity contribution in [2.24, 2.45) is 5.73 Å². The van der Waals surface area contributed by atoms with Crippen molar-refractivity contribution in [1.82, 2.24) is 10.2 Å². The van der Waals surface area contributed by atoms with Gasteiger partial charge in [0.15, 0.2) is 0 Å². The molecule has 3 N–H and O–H groups in total. The van der Waals surface area contributed by atoms with E-state index in [0.717, 1.165) is 23.6 Å². The molecule has 1 saturated heterocycles. The lowest BCUT2D eigenvalue weighted by Gasteiger charge is -2.29.